The third-order valence-electron chi connectivity index (χ3n) is 4.87. The van der Waals surface area contributed by atoms with Crippen LogP contribution in [0.2, 0.25) is 0 Å². The van der Waals surface area contributed by atoms with Gasteiger partial charge in [-0.1, -0.05) is 23.7 Å². The van der Waals surface area contributed by atoms with Crippen LogP contribution in [0.25, 0.3) is 11.1 Å². The van der Waals surface area contributed by atoms with Crippen molar-refractivity contribution in [2.24, 2.45) is 4.99 Å². The van der Waals surface area contributed by atoms with Crippen molar-refractivity contribution >= 4 is 16.8 Å². The first-order valence-electron chi connectivity index (χ1n) is 9.71. The van der Waals surface area contributed by atoms with Crippen molar-refractivity contribution in [1.82, 2.24) is 9.55 Å². The number of hydrogen-bond donors (Lipinski definition) is 0. The molecule has 168 valence electrons. The van der Waals surface area contributed by atoms with E-state index in [2.05, 4.69) is 9.98 Å². The summed E-state index contributed by atoms with van der Waals surface area (Å²) in [6.07, 6.45) is -3.19. The zero-order valence-electron chi connectivity index (χ0n) is 18.0. The van der Waals surface area contributed by atoms with Crippen LogP contribution >= 0.6 is 11.6 Å². The van der Waals surface area contributed by atoms with Crippen molar-refractivity contribution in [3.63, 3.8) is 0 Å². The minimum Gasteiger partial charge on any atom is -0.366 e. The largest absolute Gasteiger partial charge is 0.416 e. The van der Waals surface area contributed by atoms with Crippen LogP contribution in [0.5, 0.6) is 0 Å². The highest BCUT2D eigenvalue weighted by Gasteiger charge is 2.31. The molecule has 5 nitrogen and oxygen atoms in total. The number of benzene rings is 1. The molecule has 0 N–H and O–H groups in total. The Hall–Kier alpha value is -2.45. The quantitative estimate of drug-likeness (QED) is 0.501. The third kappa shape index (κ3) is 6.27. The minimum atomic E-state index is -4.50. The van der Waals surface area contributed by atoms with E-state index in [1.807, 2.05) is 20.8 Å². The van der Waals surface area contributed by atoms with Gasteiger partial charge in [-0.3, -0.25) is 4.79 Å². The first kappa shape index (κ1) is 24.8. The maximum Gasteiger partial charge on any atom is 0.416 e. The van der Waals surface area contributed by atoms with E-state index in [1.165, 1.54) is 12.1 Å². The monoisotopic (exact) mass is 455 g/mol. The van der Waals surface area contributed by atoms with Crippen LogP contribution < -0.4 is 5.56 Å². The van der Waals surface area contributed by atoms with E-state index in [4.69, 9.17) is 16.3 Å². The average molecular weight is 456 g/mol. The van der Waals surface area contributed by atoms with Gasteiger partial charge in [0.1, 0.15) is 17.6 Å². The molecule has 2 rings (SSSR count). The summed E-state index contributed by atoms with van der Waals surface area (Å²) in [6, 6.07) is 4.70. The Morgan fingerprint density at radius 1 is 1.35 bits per heavy atom. The van der Waals surface area contributed by atoms with E-state index in [-0.39, 0.29) is 23.8 Å². The first-order chi connectivity index (χ1) is 14.5. The van der Waals surface area contributed by atoms with Gasteiger partial charge in [0.05, 0.1) is 17.2 Å². The van der Waals surface area contributed by atoms with Gasteiger partial charge in [0, 0.05) is 18.4 Å². The molecule has 0 aliphatic heterocycles. The zero-order valence-corrected chi connectivity index (χ0v) is 18.8. The molecule has 0 aliphatic carbocycles. The van der Waals surface area contributed by atoms with E-state index < -0.39 is 17.3 Å². The van der Waals surface area contributed by atoms with E-state index in [9.17, 15) is 18.0 Å². The number of nitrogens with zero attached hydrogens (tertiary/aromatic N) is 3. The van der Waals surface area contributed by atoms with E-state index in [0.29, 0.717) is 23.2 Å². The number of aliphatic imine (C=N–C) groups is 1. The van der Waals surface area contributed by atoms with Crippen molar-refractivity contribution in [1.29, 1.82) is 0 Å². The van der Waals surface area contributed by atoms with Crippen LogP contribution in [-0.2, 0) is 24.1 Å². The van der Waals surface area contributed by atoms with E-state index >= 15 is 0 Å². The molecule has 0 fully saturated rings. The lowest BCUT2D eigenvalue weighted by molar-refractivity contribution is -0.137. The van der Waals surface area contributed by atoms with Crippen LogP contribution in [0.15, 0.2) is 45.8 Å². The molecule has 0 bridgehead atoms. The van der Waals surface area contributed by atoms with Crippen molar-refractivity contribution < 1.29 is 17.9 Å². The predicted octanol–water partition coefficient (Wildman–Crippen LogP) is 5.72. The second kappa shape index (κ2) is 10.2. The number of halogens is 4. The lowest BCUT2D eigenvalue weighted by Gasteiger charge is -2.19. The Kier molecular flexibility index (Phi) is 8.20. The van der Waals surface area contributed by atoms with Gasteiger partial charge in [0.15, 0.2) is 0 Å². The van der Waals surface area contributed by atoms with Gasteiger partial charge in [-0.2, -0.15) is 18.2 Å². The summed E-state index contributed by atoms with van der Waals surface area (Å²) >= 11 is 5.73. The van der Waals surface area contributed by atoms with Crippen molar-refractivity contribution in [2.45, 2.75) is 60.1 Å². The summed E-state index contributed by atoms with van der Waals surface area (Å²) in [5.41, 5.74) is 0.284. The summed E-state index contributed by atoms with van der Waals surface area (Å²) in [6.45, 7) is 9.43. The van der Waals surface area contributed by atoms with Crippen LogP contribution in [0.3, 0.4) is 0 Å². The molecule has 31 heavy (non-hydrogen) atoms. The summed E-state index contributed by atoms with van der Waals surface area (Å²) < 4.78 is 46.9. The normalized spacial score (nSPS) is 14.1. The van der Waals surface area contributed by atoms with Crippen molar-refractivity contribution in [3.8, 4) is 11.1 Å². The molecule has 0 saturated heterocycles. The molecule has 0 aliphatic rings. The van der Waals surface area contributed by atoms with Gasteiger partial charge < -0.3 is 9.30 Å². The van der Waals surface area contributed by atoms with Gasteiger partial charge in [0.2, 0.25) is 0 Å². The fourth-order valence-electron chi connectivity index (χ4n) is 3.06. The molecule has 0 saturated carbocycles. The van der Waals surface area contributed by atoms with Crippen molar-refractivity contribution in [2.75, 3.05) is 0 Å². The number of rotatable bonds is 7. The molecule has 1 heterocycles. The van der Waals surface area contributed by atoms with Crippen LogP contribution in [-0.4, -0.2) is 20.8 Å². The van der Waals surface area contributed by atoms with Crippen molar-refractivity contribution in [3.05, 3.63) is 63.5 Å². The third-order valence-corrected chi connectivity index (χ3v) is 4.96. The molecule has 9 heteroatoms. The van der Waals surface area contributed by atoms with Gasteiger partial charge in [0.25, 0.3) is 5.56 Å². The molecule has 0 spiro atoms. The van der Waals surface area contributed by atoms with E-state index in [1.54, 1.807) is 24.6 Å². The Bertz CT molecular complexity index is 1050. The van der Waals surface area contributed by atoms with Crippen LogP contribution in [0.4, 0.5) is 13.2 Å². The van der Waals surface area contributed by atoms with Gasteiger partial charge in [-0.25, -0.2) is 4.99 Å². The molecular formula is C22H25ClF3N3O2. The standard InChI is InChI=1S/C22H25ClF3N3O2/c1-6-29-14(3)20(17-8-7-9-18(10-17)22(24,25)26)21(30)28-19(29)12-31-15(4)13(2)11-27-16(5)23/h7-11,15H,6,12H2,1-5H3/b13-11+,27-16?. The second-order valence-electron chi connectivity index (χ2n) is 7.07. The van der Waals surface area contributed by atoms with Crippen LogP contribution in [0.1, 0.15) is 44.8 Å². The maximum absolute atomic E-state index is 13.1. The smallest absolute Gasteiger partial charge is 0.366 e. The fourth-order valence-corrected chi connectivity index (χ4v) is 3.11. The fraction of sp³-hybridized carbons (Fsp3) is 0.409. The molecule has 0 amide bonds. The summed E-state index contributed by atoms with van der Waals surface area (Å²) in [4.78, 5) is 20.9. The molecule has 1 atom stereocenters. The number of aromatic nitrogens is 2. The molecule has 1 aromatic heterocycles. The van der Waals surface area contributed by atoms with Crippen LogP contribution in [0, 0.1) is 6.92 Å². The number of alkyl halides is 3. The van der Waals surface area contributed by atoms with Gasteiger partial charge >= 0.3 is 6.18 Å². The average Bonchev–Trinajstić information content (AvgIpc) is 2.69. The predicted molar refractivity (Wildman–Crippen MR) is 116 cm³/mol. The van der Waals surface area contributed by atoms with Gasteiger partial charge in [-0.05, 0) is 57.9 Å². The Labute approximate surface area is 184 Å². The maximum atomic E-state index is 13.1. The SMILES string of the molecule is CCn1c(COC(C)/C(C)=C/N=C(C)Cl)nc(=O)c(-c2cccc(C(F)(F)F)c2)c1C. The summed E-state index contributed by atoms with van der Waals surface area (Å²) in [7, 11) is 0. The zero-order chi connectivity index (χ0) is 23.3. The first-order valence-corrected chi connectivity index (χ1v) is 10.1. The lowest BCUT2D eigenvalue weighted by Crippen LogP contribution is -2.24. The highest BCUT2D eigenvalue weighted by atomic mass is 35.5. The highest BCUT2D eigenvalue weighted by molar-refractivity contribution is 6.64. The Balaban J connectivity index is 2.39. The van der Waals surface area contributed by atoms with Gasteiger partial charge in [-0.15, -0.1) is 0 Å². The molecule has 2 aromatic rings. The van der Waals surface area contributed by atoms with E-state index in [0.717, 1.165) is 17.7 Å². The number of hydrogen-bond acceptors (Lipinski definition) is 4. The Morgan fingerprint density at radius 2 is 2.03 bits per heavy atom. The number of ether oxygens (including phenoxy) is 1. The minimum absolute atomic E-state index is 0.0582. The molecule has 0 radical (unpaired) electrons. The molecular weight excluding hydrogens is 431 g/mol. The summed E-state index contributed by atoms with van der Waals surface area (Å²) in [5.74, 6) is 0.400. The summed E-state index contributed by atoms with van der Waals surface area (Å²) in [5, 5.41) is 0.397. The second-order valence-corrected chi connectivity index (χ2v) is 7.62. The lowest BCUT2D eigenvalue weighted by atomic mass is 10.0. The topological polar surface area (TPSA) is 56.5 Å². The highest BCUT2D eigenvalue weighted by Crippen LogP contribution is 2.32. The molecule has 1 unspecified atom stereocenters. The Morgan fingerprint density at radius 3 is 2.61 bits per heavy atom. The molecule has 1 aromatic carbocycles.